The van der Waals surface area contributed by atoms with Gasteiger partial charge in [-0.25, -0.2) is 0 Å². The number of rotatable bonds is 6. The van der Waals surface area contributed by atoms with E-state index in [-0.39, 0.29) is 0 Å². The van der Waals surface area contributed by atoms with E-state index in [1.54, 1.807) is 0 Å². The van der Waals surface area contributed by atoms with E-state index in [0.29, 0.717) is 0 Å². The van der Waals surface area contributed by atoms with Crippen molar-refractivity contribution in [1.29, 1.82) is 0 Å². The average Bonchev–Trinajstić information content (AvgIpc) is 3.81. The standard InChI is InChI=1S/C50H34N2/c1-5-13-35(14-6-1)38-21-23-39(24-22-38)40-25-27-49-47(34-40)45-26-28-48-46(29-30-51(48)43-19-11-4-12-20-43)50(45)52(49)44-32-41(36-15-7-2-8-16-36)31-42(33-44)37-17-9-3-10-18-37/h1-34H. The van der Waals surface area contributed by atoms with Crippen LogP contribution < -0.4 is 0 Å². The normalized spacial score (nSPS) is 11.5. The summed E-state index contributed by atoms with van der Waals surface area (Å²) in [6, 6.07) is 72.5. The number of para-hydroxylation sites is 1. The first-order valence-corrected chi connectivity index (χ1v) is 17.8. The number of fused-ring (bicyclic) bond motifs is 5. The van der Waals surface area contributed by atoms with Gasteiger partial charge in [-0.3, -0.25) is 0 Å². The number of benzene rings is 8. The molecule has 0 spiro atoms. The number of hydrogen-bond donors (Lipinski definition) is 0. The van der Waals surface area contributed by atoms with Gasteiger partial charge in [0.05, 0.1) is 16.6 Å². The third-order valence-corrected chi connectivity index (χ3v) is 10.3. The predicted octanol–water partition coefficient (Wildman–Crippen LogP) is 13.4. The van der Waals surface area contributed by atoms with Gasteiger partial charge >= 0.3 is 0 Å². The quantitative estimate of drug-likeness (QED) is 0.168. The van der Waals surface area contributed by atoms with Crippen LogP contribution in [0.25, 0.3) is 88.6 Å². The van der Waals surface area contributed by atoms with Crippen LogP contribution >= 0.6 is 0 Å². The summed E-state index contributed by atoms with van der Waals surface area (Å²) in [6.45, 7) is 0. The predicted molar refractivity (Wildman–Crippen MR) is 219 cm³/mol. The molecule has 0 radical (unpaired) electrons. The molecule has 0 amide bonds. The van der Waals surface area contributed by atoms with E-state index < -0.39 is 0 Å². The van der Waals surface area contributed by atoms with E-state index in [1.807, 2.05) is 0 Å². The van der Waals surface area contributed by atoms with Gasteiger partial charge in [0.1, 0.15) is 0 Å². The van der Waals surface area contributed by atoms with Crippen molar-refractivity contribution in [2.45, 2.75) is 0 Å². The minimum Gasteiger partial charge on any atom is -0.316 e. The highest BCUT2D eigenvalue weighted by atomic mass is 15.0. The number of nitrogens with zero attached hydrogens (tertiary/aromatic N) is 2. The summed E-state index contributed by atoms with van der Waals surface area (Å²) in [6.07, 6.45) is 2.21. The molecule has 244 valence electrons. The third-order valence-electron chi connectivity index (χ3n) is 10.3. The fourth-order valence-electron chi connectivity index (χ4n) is 7.81. The van der Waals surface area contributed by atoms with E-state index >= 15 is 0 Å². The van der Waals surface area contributed by atoms with Crippen molar-refractivity contribution < 1.29 is 0 Å². The van der Waals surface area contributed by atoms with Gasteiger partial charge in [0.25, 0.3) is 0 Å². The summed E-state index contributed by atoms with van der Waals surface area (Å²) >= 11 is 0. The van der Waals surface area contributed by atoms with Crippen LogP contribution in [0, 0.1) is 0 Å². The molecule has 52 heavy (non-hydrogen) atoms. The Morgan fingerprint density at radius 1 is 0.269 bits per heavy atom. The molecular weight excluding hydrogens is 629 g/mol. The second-order valence-electron chi connectivity index (χ2n) is 13.4. The zero-order valence-electron chi connectivity index (χ0n) is 28.5. The molecule has 0 bridgehead atoms. The van der Waals surface area contributed by atoms with Gasteiger partial charge < -0.3 is 9.13 Å². The van der Waals surface area contributed by atoms with Crippen LogP contribution in [0.1, 0.15) is 0 Å². The third kappa shape index (κ3) is 5.12. The van der Waals surface area contributed by atoms with E-state index in [4.69, 9.17) is 0 Å². The lowest BCUT2D eigenvalue weighted by Crippen LogP contribution is -1.97. The molecule has 2 nitrogen and oxygen atoms in total. The summed E-state index contributed by atoms with van der Waals surface area (Å²) in [4.78, 5) is 0. The van der Waals surface area contributed by atoms with Gasteiger partial charge in [-0.15, -0.1) is 0 Å². The van der Waals surface area contributed by atoms with Crippen LogP contribution in [-0.2, 0) is 0 Å². The fourth-order valence-corrected chi connectivity index (χ4v) is 7.81. The summed E-state index contributed by atoms with van der Waals surface area (Å²) in [5, 5.41) is 3.69. The maximum Gasteiger partial charge on any atom is 0.0635 e. The zero-order valence-corrected chi connectivity index (χ0v) is 28.5. The van der Waals surface area contributed by atoms with Gasteiger partial charge in [0, 0.05) is 33.7 Å². The molecule has 0 saturated carbocycles. The molecule has 0 unspecified atom stereocenters. The minimum atomic E-state index is 1.14. The molecule has 2 heterocycles. The molecule has 2 aromatic heterocycles. The Hall–Kier alpha value is -6.90. The van der Waals surface area contributed by atoms with Crippen molar-refractivity contribution in [3.8, 4) is 55.9 Å². The van der Waals surface area contributed by atoms with E-state index in [0.717, 1.165) is 11.4 Å². The SMILES string of the molecule is c1ccc(-c2ccc(-c3ccc4c(c3)c3ccc5c(ccn5-c5ccccc5)c3n4-c3cc(-c4ccccc4)cc(-c4ccccc4)c3)cc2)cc1. The van der Waals surface area contributed by atoms with Crippen molar-refractivity contribution >= 4 is 32.7 Å². The smallest absolute Gasteiger partial charge is 0.0635 e. The minimum absolute atomic E-state index is 1.14. The summed E-state index contributed by atoms with van der Waals surface area (Å²) < 4.78 is 4.79. The maximum atomic E-state index is 2.49. The zero-order chi connectivity index (χ0) is 34.4. The van der Waals surface area contributed by atoms with Crippen LogP contribution in [-0.4, -0.2) is 9.13 Å². The highest BCUT2D eigenvalue weighted by molar-refractivity contribution is 6.19. The summed E-state index contributed by atoms with van der Waals surface area (Å²) in [5.74, 6) is 0. The molecule has 0 saturated heterocycles. The van der Waals surface area contributed by atoms with Crippen LogP contribution in [0.4, 0.5) is 0 Å². The number of hydrogen-bond acceptors (Lipinski definition) is 0. The largest absolute Gasteiger partial charge is 0.316 e. The van der Waals surface area contributed by atoms with E-state index in [9.17, 15) is 0 Å². The average molecular weight is 663 g/mol. The Kier molecular flexibility index (Phi) is 7.18. The Morgan fingerprint density at radius 3 is 1.35 bits per heavy atom. The van der Waals surface area contributed by atoms with Crippen LogP contribution in [0.2, 0.25) is 0 Å². The molecule has 8 aromatic carbocycles. The van der Waals surface area contributed by atoms with Gasteiger partial charge in [-0.2, -0.15) is 0 Å². The van der Waals surface area contributed by atoms with Gasteiger partial charge in [0.2, 0.25) is 0 Å². The highest BCUT2D eigenvalue weighted by Crippen LogP contribution is 2.41. The van der Waals surface area contributed by atoms with E-state index in [1.165, 1.54) is 77.2 Å². The molecule has 10 aromatic rings. The van der Waals surface area contributed by atoms with E-state index in [2.05, 4.69) is 216 Å². The van der Waals surface area contributed by atoms with Crippen molar-refractivity contribution in [2.24, 2.45) is 0 Å². The lowest BCUT2D eigenvalue weighted by atomic mass is 9.98. The van der Waals surface area contributed by atoms with Crippen LogP contribution in [0.3, 0.4) is 0 Å². The van der Waals surface area contributed by atoms with Crippen molar-refractivity contribution in [2.75, 3.05) is 0 Å². The Balaban J connectivity index is 1.23. The summed E-state index contributed by atoms with van der Waals surface area (Å²) in [5.41, 5.74) is 15.5. The Labute approximate surface area is 303 Å². The van der Waals surface area contributed by atoms with Crippen molar-refractivity contribution in [3.63, 3.8) is 0 Å². The first kappa shape index (κ1) is 30.0. The molecule has 2 heteroatoms. The monoisotopic (exact) mass is 662 g/mol. The van der Waals surface area contributed by atoms with Gasteiger partial charge in [-0.1, -0.05) is 146 Å². The summed E-state index contributed by atoms with van der Waals surface area (Å²) in [7, 11) is 0. The topological polar surface area (TPSA) is 9.86 Å². The van der Waals surface area contributed by atoms with Gasteiger partial charge in [-0.05, 0) is 99.1 Å². The first-order valence-electron chi connectivity index (χ1n) is 17.8. The molecule has 10 rings (SSSR count). The molecule has 0 fully saturated rings. The fraction of sp³-hybridized carbons (Fsp3) is 0. The van der Waals surface area contributed by atoms with Crippen LogP contribution in [0.5, 0.6) is 0 Å². The van der Waals surface area contributed by atoms with Crippen molar-refractivity contribution in [3.05, 3.63) is 206 Å². The second kappa shape index (κ2) is 12.5. The number of aromatic nitrogens is 2. The van der Waals surface area contributed by atoms with Crippen LogP contribution in [0.15, 0.2) is 206 Å². The van der Waals surface area contributed by atoms with Gasteiger partial charge in [0.15, 0.2) is 0 Å². The molecule has 0 N–H and O–H groups in total. The molecule has 0 aliphatic rings. The molecule has 0 aliphatic carbocycles. The van der Waals surface area contributed by atoms with Crippen molar-refractivity contribution in [1.82, 2.24) is 9.13 Å². The lowest BCUT2D eigenvalue weighted by molar-refractivity contribution is 1.13. The Bertz CT molecular complexity index is 2790. The molecular formula is C50H34N2. The maximum absolute atomic E-state index is 2.49. The first-order chi connectivity index (χ1) is 25.8. The molecule has 0 aliphatic heterocycles. The lowest BCUT2D eigenvalue weighted by Gasteiger charge is -2.15. The Morgan fingerprint density at radius 2 is 0.750 bits per heavy atom. The second-order valence-corrected chi connectivity index (χ2v) is 13.4. The molecule has 0 atom stereocenters. The highest BCUT2D eigenvalue weighted by Gasteiger charge is 2.19.